The van der Waals surface area contributed by atoms with Gasteiger partial charge in [0.1, 0.15) is 0 Å². The lowest BCUT2D eigenvalue weighted by atomic mass is 9.93. The second-order valence-electron chi connectivity index (χ2n) is 10.6. The molecule has 0 bridgehead atoms. The molecule has 0 aliphatic heterocycles. The van der Waals surface area contributed by atoms with Crippen LogP contribution in [-0.2, 0) is 0 Å². The molecule has 41 heavy (non-hydrogen) atoms. The van der Waals surface area contributed by atoms with Gasteiger partial charge in [0.15, 0.2) is 0 Å². The molecule has 0 aliphatic rings. The Morgan fingerprint density at radius 1 is 0.390 bits per heavy atom. The zero-order chi connectivity index (χ0) is 26.9. The van der Waals surface area contributed by atoms with Crippen LogP contribution in [0.5, 0.6) is 0 Å². The van der Waals surface area contributed by atoms with Gasteiger partial charge in [-0.3, -0.25) is 0 Å². The van der Waals surface area contributed by atoms with Crippen molar-refractivity contribution in [3.8, 4) is 22.5 Å². The highest BCUT2D eigenvalue weighted by molar-refractivity contribution is 7.26. The summed E-state index contributed by atoms with van der Waals surface area (Å²) in [4.78, 5) is 10.2. The highest BCUT2D eigenvalue weighted by Gasteiger charge is 2.16. The fourth-order valence-electron chi connectivity index (χ4n) is 6.34. The van der Waals surface area contributed by atoms with E-state index in [9.17, 15) is 0 Å². The number of thiophene rings is 1. The molecule has 0 fully saturated rings. The van der Waals surface area contributed by atoms with Gasteiger partial charge in [-0.2, -0.15) is 0 Å². The smallest absolute Gasteiger partial charge is 0.0973 e. The van der Waals surface area contributed by atoms with E-state index in [4.69, 9.17) is 9.97 Å². The monoisotopic (exact) mass is 538 g/mol. The lowest BCUT2D eigenvalue weighted by Crippen LogP contribution is -1.95. The normalized spacial score (nSPS) is 11.9. The lowest BCUT2D eigenvalue weighted by Gasteiger charge is -2.13. The van der Waals surface area contributed by atoms with Gasteiger partial charge >= 0.3 is 0 Å². The third kappa shape index (κ3) is 3.43. The van der Waals surface area contributed by atoms with Gasteiger partial charge in [0.2, 0.25) is 0 Å². The van der Waals surface area contributed by atoms with E-state index in [1.807, 2.05) is 41.7 Å². The van der Waals surface area contributed by atoms with Crippen LogP contribution in [0, 0.1) is 0 Å². The maximum Gasteiger partial charge on any atom is 0.0973 e. The summed E-state index contributed by atoms with van der Waals surface area (Å²) in [5.74, 6) is 0. The average Bonchev–Trinajstić information content (AvgIpc) is 3.43. The minimum atomic E-state index is 0.902. The molecule has 9 aromatic rings. The van der Waals surface area contributed by atoms with Crippen LogP contribution in [0.4, 0.5) is 0 Å². The van der Waals surface area contributed by atoms with Crippen LogP contribution in [0.15, 0.2) is 133 Å². The number of aromatic nitrogens is 2. The number of benzene rings is 7. The van der Waals surface area contributed by atoms with Gasteiger partial charge in [0, 0.05) is 31.3 Å². The van der Waals surface area contributed by atoms with E-state index in [-0.39, 0.29) is 0 Å². The molecule has 0 amide bonds. The number of hydrogen-bond acceptors (Lipinski definition) is 3. The van der Waals surface area contributed by atoms with Crippen LogP contribution in [0.1, 0.15) is 0 Å². The van der Waals surface area contributed by atoms with Crippen molar-refractivity contribution < 1.29 is 0 Å². The summed E-state index contributed by atoms with van der Waals surface area (Å²) in [6.07, 6.45) is 0. The van der Waals surface area contributed by atoms with Crippen LogP contribution in [-0.4, -0.2) is 9.97 Å². The molecule has 0 radical (unpaired) electrons. The minimum absolute atomic E-state index is 0.902. The van der Waals surface area contributed by atoms with Crippen molar-refractivity contribution in [2.75, 3.05) is 0 Å². The average molecular weight is 539 g/mol. The van der Waals surface area contributed by atoms with E-state index in [0.29, 0.717) is 0 Å². The molecule has 0 aliphatic carbocycles. The summed E-state index contributed by atoms with van der Waals surface area (Å²) in [5, 5.41) is 10.3. The van der Waals surface area contributed by atoms with Gasteiger partial charge in [-0.05, 0) is 62.6 Å². The molecular weight excluding hydrogens is 516 g/mol. The molecule has 2 aromatic heterocycles. The Labute approximate surface area is 240 Å². The van der Waals surface area contributed by atoms with Crippen molar-refractivity contribution in [2.24, 2.45) is 0 Å². The quantitative estimate of drug-likeness (QED) is 0.205. The van der Waals surface area contributed by atoms with E-state index < -0.39 is 0 Å². The molecule has 9 rings (SSSR count). The number of nitrogens with zero attached hydrogens (tertiary/aromatic N) is 2. The Hall–Kier alpha value is -5.12. The fourth-order valence-corrected chi connectivity index (χ4v) is 7.46. The van der Waals surface area contributed by atoms with Crippen molar-refractivity contribution in [3.63, 3.8) is 0 Å². The van der Waals surface area contributed by atoms with E-state index in [1.54, 1.807) is 0 Å². The van der Waals surface area contributed by atoms with E-state index >= 15 is 0 Å². The Morgan fingerprint density at radius 3 is 1.88 bits per heavy atom. The van der Waals surface area contributed by atoms with E-state index in [0.717, 1.165) is 33.5 Å². The molecule has 0 unspecified atom stereocenters. The zero-order valence-corrected chi connectivity index (χ0v) is 22.8. The maximum absolute atomic E-state index is 5.14. The Balaban J connectivity index is 1.32. The van der Waals surface area contributed by atoms with Crippen LogP contribution in [0.2, 0.25) is 0 Å². The lowest BCUT2D eigenvalue weighted by molar-refractivity contribution is 1.29. The largest absolute Gasteiger partial charge is 0.244 e. The van der Waals surface area contributed by atoms with Crippen molar-refractivity contribution in [2.45, 2.75) is 0 Å². The molecule has 190 valence electrons. The van der Waals surface area contributed by atoms with Crippen molar-refractivity contribution >= 4 is 74.9 Å². The number of rotatable bonds is 2. The van der Waals surface area contributed by atoms with Gasteiger partial charge in [-0.25, -0.2) is 9.97 Å². The predicted octanol–water partition coefficient (Wildman–Crippen LogP) is 10.8. The van der Waals surface area contributed by atoms with Gasteiger partial charge in [-0.15, -0.1) is 11.3 Å². The third-order valence-electron chi connectivity index (χ3n) is 8.23. The van der Waals surface area contributed by atoms with Gasteiger partial charge in [0.25, 0.3) is 0 Å². The van der Waals surface area contributed by atoms with Crippen molar-refractivity contribution in [1.82, 2.24) is 9.97 Å². The van der Waals surface area contributed by atoms with Gasteiger partial charge in [0.05, 0.1) is 22.4 Å². The number of hydrogen-bond donors (Lipinski definition) is 0. The van der Waals surface area contributed by atoms with Crippen molar-refractivity contribution in [3.05, 3.63) is 133 Å². The molecule has 0 atom stereocenters. The highest BCUT2D eigenvalue weighted by atomic mass is 32.1. The molecule has 2 nitrogen and oxygen atoms in total. The first-order valence-corrected chi connectivity index (χ1v) is 14.7. The summed E-state index contributed by atoms with van der Waals surface area (Å²) < 4.78 is 2.67. The Morgan fingerprint density at radius 2 is 1.02 bits per heavy atom. The summed E-state index contributed by atoms with van der Waals surface area (Å²) in [6.45, 7) is 0. The first-order chi connectivity index (χ1) is 20.3. The number of para-hydroxylation sites is 2. The Bertz CT molecular complexity index is 2470. The molecular formula is C38H22N2S. The summed E-state index contributed by atoms with van der Waals surface area (Å²) in [5.41, 5.74) is 5.75. The van der Waals surface area contributed by atoms with Crippen molar-refractivity contribution in [1.29, 1.82) is 0 Å². The summed E-state index contributed by atoms with van der Waals surface area (Å²) >= 11 is 1.87. The van der Waals surface area contributed by atoms with Gasteiger partial charge in [-0.1, -0.05) is 103 Å². The highest BCUT2D eigenvalue weighted by Crippen LogP contribution is 2.42. The summed E-state index contributed by atoms with van der Waals surface area (Å²) in [7, 11) is 0. The van der Waals surface area contributed by atoms with Crippen LogP contribution >= 0.6 is 11.3 Å². The summed E-state index contributed by atoms with van der Waals surface area (Å²) in [6, 6.07) is 47.7. The van der Waals surface area contributed by atoms with Crippen LogP contribution < -0.4 is 0 Å². The van der Waals surface area contributed by atoms with E-state index in [2.05, 4.69) is 103 Å². The SMILES string of the molecule is c1ccc(-c2nc3ccccc3nc2-c2ccc3c(ccc4ccc5c(ccc6sc7ccccc7c65)c43)c2)cc1. The Kier molecular flexibility index (Phi) is 4.80. The second kappa shape index (κ2) is 8.69. The van der Waals surface area contributed by atoms with Crippen LogP contribution in [0.3, 0.4) is 0 Å². The van der Waals surface area contributed by atoms with Crippen LogP contribution in [0.25, 0.3) is 86.0 Å². The first-order valence-electron chi connectivity index (χ1n) is 13.8. The molecule has 0 N–H and O–H groups in total. The molecule has 0 spiro atoms. The minimum Gasteiger partial charge on any atom is -0.244 e. The molecule has 3 heteroatoms. The molecule has 7 aromatic carbocycles. The maximum atomic E-state index is 5.14. The molecule has 0 saturated carbocycles. The number of fused-ring (bicyclic) bond motifs is 10. The molecule has 0 saturated heterocycles. The van der Waals surface area contributed by atoms with E-state index in [1.165, 1.54) is 52.5 Å². The van der Waals surface area contributed by atoms with Gasteiger partial charge < -0.3 is 0 Å². The fraction of sp³-hybridized carbons (Fsp3) is 0. The second-order valence-corrected chi connectivity index (χ2v) is 11.7. The zero-order valence-electron chi connectivity index (χ0n) is 22.0. The topological polar surface area (TPSA) is 25.8 Å². The molecule has 2 heterocycles. The third-order valence-corrected chi connectivity index (χ3v) is 9.36. The predicted molar refractivity (Wildman–Crippen MR) is 176 cm³/mol. The standard InChI is InChI=1S/C38H22N2S/c1-2-8-24(9-3-1)37-38(40-32-12-6-5-11-31(32)39-37)26-17-18-27-25(22-26)15-14-23-16-19-29-28(35(23)27)20-21-34-36(29)30-10-4-7-13-33(30)41-34/h1-22H. The first kappa shape index (κ1) is 22.7.